The van der Waals surface area contributed by atoms with Gasteiger partial charge >= 0.3 is 6.09 Å². The van der Waals surface area contributed by atoms with E-state index < -0.39 is 0 Å². The summed E-state index contributed by atoms with van der Waals surface area (Å²) in [6, 6.07) is 3.78. The molecule has 1 aliphatic carbocycles. The van der Waals surface area contributed by atoms with Gasteiger partial charge in [0.05, 0.1) is 24.5 Å². The van der Waals surface area contributed by atoms with E-state index >= 15 is 0 Å². The third kappa shape index (κ3) is 5.30. The van der Waals surface area contributed by atoms with Crippen LogP contribution < -0.4 is 0 Å². The Morgan fingerprint density at radius 2 is 1.81 bits per heavy atom. The van der Waals surface area contributed by atoms with Crippen molar-refractivity contribution in [2.24, 2.45) is 23.7 Å². The average molecular weight is 578 g/mol. The molecule has 0 bridgehead atoms. The van der Waals surface area contributed by atoms with Gasteiger partial charge in [-0.15, -0.1) is 0 Å². The Bertz CT molecular complexity index is 1210. The lowest BCUT2D eigenvalue weighted by atomic mass is 9.74. The maximum atomic E-state index is 13.5. The number of amides is 2. The summed E-state index contributed by atoms with van der Waals surface area (Å²) in [5.41, 5.74) is 2.07. The van der Waals surface area contributed by atoms with E-state index in [2.05, 4.69) is 29.8 Å². The number of nitrogens with zero attached hydrogens (tertiary/aromatic N) is 5. The molecule has 1 saturated carbocycles. The predicted octanol–water partition coefficient (Wildman–Crippen LogP) is 4.55. The lowest BCUT2D eigenvalue weighted by Crippen LogP contribution is -2.63. The molecule has 4 atom stereocenters. The van der Waals surface area contributed by atoms with Gasteiger partial charge in [-0.25, -0.2) is 9.78 Å². The van der Waals surface area contributed by atoms with Crippen molar-refractivity contribution in [3.63, 3.8) is 0 Å². The number of unbranched alkanes of at least 4 members (excludes halogenated alkanes) is 1. The largest absolute Gasteiger partial charge is 0.442 e. The second kappa shape index (κ2) is 11.4. The van der Waals surface area contributed by atoms with Crippen molar-refractivity contribution >= 4 is 12.0 Å². The van der Waals surface area contributed by atoms with Crippen LogP contribution in [0.3, 0.4) is 0 Å². The molecule has 0 radical (unpaired) electrons. The molecule has 5 heterocycles. The van der Waals surface area contributed by atoms with E-state index in [0.717, 1.165) is 83.5 Å². The van der Waals surface area contributed by atoms with Gasteiger partial charge in [0, 0.05) is 63.6 Å². The topological polar surface area (TPSA) is 99.0 Å². The van der Waals surface area contributed by atoms with Crippen molar-refractivity contribution in [1.82, 2.24) is 19.7 Å². The molecular formula is C33H47N5O4. The number of fused-ring (bicyclic) bond motifs is 1. The summed E-state index contributed by atoms with van der Waals surface area (Å²) in [5.74, 6) is 2.27. The normalized spacial score (nSPS) is 30.1. The third-order valence-corrected chi connectivity index (χ3v) is 11.4. The van der Waals surface area contributed by atoms with Crippen molar-refractivity contribution in [3.8, 4) is 6.07 Å². The van der Waals surface area contributed by atoms with Crippen molar-refractivity contribution in [1.29, 1.82) is 5.26 Å². The first-order valence-corrected chi connectivity index (χ1v) is 16.2. The number of ether oxygens (including phenoxy) is 2. The fourth-order valence-corrected chi connectivity index (χ4v) is 8.48. The fourth-order valence-electron chi connectivity index (χ4n) is 8.48. The number of aryl methyl sites for hydroxylation is 2. The molecule has 1 spiro atoms. The Kier molecular flexibility index (Phi) is 7.99. The van der Waals surface area contributed by atoms with E-state index in [0.29, 0.717) is 53.7 Å². The van der Waals surface area contributed by atoms with Crippen molar-refractivity contribution in [2.45, 2.75) is 83.8 Å². The molecule has 42 heavy (non-hydrogen) atoms. The number of pyridine rings is 1. The van der Waals surface area contributed by atoms with E-state index in [-0.39, 0.29) is 23.1 Å². The quantitative estimate of drug-likeness (QED) is 0.469. The minimum absolute atomic E-state index is 0.0147. The molecule has 0 N–H and O–H groups in total. The lowest BCUT2D eigenvalue weighted by Gasteiger charge is -2.55. The molecule has 9 heteroatoms. The zero-order valence-corrected chi connectivity index (χ0v) is 25.9. The van der Waals surface area contributed by atoms with Gasteiger partial charge in [-0.2, -0.15) is 5.26 Å². The Morgan fingerprint density at radius 3 is 2.43 bits per heavy atom. The van der Waals surface area contributed by atoms with Crippen molar-refractivity contribution in [3.05, 3.63) is 28.6 Å². The van der Waals surface area contributed by atoms with Gasteiger partial charge < -0.3 is 19.3 Å². The van der Waals surface area contributed by atoms with Crippen molar-refractivity contribution < 1.29 is 19.1 Å². The van der Waals surface area contributed by atoms with Crippen LogP contribution in [-0.4, -0.2) is 95.3 Å². The number of piperidine rings is 2. The molecule has 6 rings (SSSR count). The Balaban J connectivity index is 1.07. The number of aromatic nitrogens is 1. The molecule has 1 aromatic heterocycles. The van der Waals surface area contributed by atoms with Crippen LogP contribution in [0.2, 0.25) is 0 Å². The minimum atomic E-state index is -0.355. The highest BCUT2D eigenvalue weighted by atomic mass is 16.6. The lowest BCUT2D eigenvalue weighted by molar-refractivity contribution is -0.133. The van der Waals surface area contributed by atoms with E-state index in [1.54, 1.807) is 6.07 Å². The summed E-state index contributed by atoms with van der Waals surface area (Å²) in [7, 11) is 0. The first-order chi connectivity index (χ1) is 20.2. The molecule has 1 unspecified atom stereocenters. The average Bonchev–Trinajstić information content (AvgIpc) is 3.37. The van der Waals surface area contributed by atoms with Crippen LogP contribution >= 0.6 is 0 Å². The van der Waals surface area contributed by atoms with Crippen LogP contribution in [0.25, 0.3) is 0 Å². The molecule has 4 aliphatic heterocycles. The summed E-state index contributed by atoms with van der Waals surface area (Å²) in [6.07, 6.45) is 6.91. The van der Waals surface area contributed by atoms with E-state index in [1.165, 1.54) is 6.42 Å². The second-order valence-corrected chi connectivity index (χ2v) is 13.9. The number of rotatable bonds is 7. The van der Waals surface area contributed by atoms with Gasteiger partial charge in [-0.1, -0.05) is 19.8 Å². The number of carbonyl (C=O) groups is 2. The number of likely N-dealkylation sites (tertiary alicyclic amines) is 2. The first-order valence-electron chi connectivity index (χ1n) is 16.2. The zero-order valence-electron chi connectivity index (χ0n) is 25.9. The van der Waals surface area contributed by atoms with Gasteiger partial charge in [0.2, 0.25) is 0 Å². The van der Waals surface area contributed by atoms with Crippen LogP contribution in [0, 0.1) is 48.9 Å². The maximum Gasteiger partial charge on any atom is 0.410 e. The van der Waals surface area contributed by atoms with E-state index in [4.69, 9.17) is 9.47 Å². The predicted molar refractivity (Wildman–Crippen MR) is 158 cm³/mol. The number of carbonyl (C=O) groups excluding carboxylic acids is 2. The molecule has 2 amide bonds. The second-order valence-electron chi connectivity index (χ2n) is 13.9. The molecule has 0 aromatic carbocycles. The highest BCUT2D eigenvalue weighted by Crippen LogP contribution is 2.52. The Labute approximate surface area is 250 Å². The number of nitriles is 1. The molecular weight excluding hydrogens is 530 g/mol. The molecule has 9 nitrogen and oxygen atoms in total. The molecule has 1 aromatic rings. The van der Waals surface area contributed by atoms with Crippen LogP contribution in [-0.2, 0) is 9.47 Å². The third-order valence-electron chi connectivity index (χ3n) is 11.4. The highest BCUT2D eigenvalue weighted by Gasteiger charge is 2.57. The van der Waals surface area contributed by atoms with Gasteiger partial charge in [-0.3, -0.25) is 9.69 Å². The smallest absolute Gasteiger partial charge is 0.410 e. The minimum Gasteiger partial charge on any atom is -0.442 e. The van der Waals surface area contributed by atoms with Crippen molar-refractivity contribution in [2.75, 3.05) is 52.5 Å². The zero-order chi connectivity index (χ0) is 29.6. The fraction of sp³-hybridized carbons (Fsp3) is 0.758. The van der Waals surface area contributed by atoms with Crippen LogP contribution in [0.4, 0.5) is 4.79 Å². The van der Waals surface area contributed by atoms with Crippen LogP contribution in [0.5, 0.6) is 0 Å². The molecule has 5 fully saturated rings. The van der Waals surface area contributed by atoms with Gasteiger partial charge in [0.1, 0.15) is 17.4 Å². The first kappa shape index (κ1) is 29.4. The Hall–Kier alpha value is -2.70. The summed E-state index contributed by atoms with van der Waals surface area (Å²) < 4.78 is 12.0. The van der Waals surface area contributed by atoms with Gasteiger partial charge in [0.15, 0.2) is 0 Å². The summed E-state index contributed by atoms with van der Waals surface area (Å²) in [5, 5.41) is 9.22. The standard InChI is InChI=1S/C33H47N5O4/c1-5-6-7-24-18-37(19-26-27-20-41-21-28(26)27)31(40)42-33(24)10-14-38(15-11-33)32(4)8-12-36(13-9-32)30(39)29-22(2)16-25(17-34)35-23(29)3/h16,24,26-28H,5-15,18-21H2,1-4H3/t24-,26?,27-,28+/m0/s1. The number of hydrogen-bond donors (Lipinski definition) is 0. The van der Waals surface area contributed by atoms with Gasteiger partial charge in [0.25, 0.3) is 5.91 Å². The monoisotopic (exact) mass is 577 g/mol. The van der Waals surface area contributed by atoms with Gasteiger partial charge in [-0.05, 0) is 69.4 Å². The Morgan fingerprint density at radius 1 is 1.12 bits per heavy atom. The summed E-state index contributed by atoms with van der Waals surface area (Å²) in [6.45, 7) is 14.9. The maximum absolute atomic E-state index is 13.5. The van der Waals surface area contributed by atoms with Crippen LogP contribution in [0.15, 0.2) is 6.07 Å². The van der Waals surface area contributed by atoms with E-state index in [9.17, 15) is 14.9 Å². The number of hydrogen-bond acceptors (Lipinski definition) is 7. The van der Waals surface area contributed by atoms with Crippen LogP contribution in [0.1, 0.15) is 86.1 Å². The molecule has 228 valence electrons. The van der Waals surface area contributed by atoms with E-state index in [1.807, 2.05) is 23.6 Å². The molecule has 4 saturated heterocycles. The SMILES string of the molecule is CCCC[C@H]1CN(CC2[C@H]3COC[C@@H]23)C(=O)OC12CCN(C1(C)CCN(C(=O)c3c(C)cc(C#N)nc3C)CC1)CC2. The highest BCUT2D eigenvalue weighted by molar-refractivity contribution is 5.96. The molecule has 5 aliphatic rings. The summed E-state index contributed by atoms with van der Waals surface area (Å²) in [4.78, 5) is 37.7. The summed E-state index contributed by atoms with van der Waals surface area (Å²) >= 11 is 0.